The fraction of sp³-hybridized carbons (Fsp3) is 0.600. The lowest BCUT2D eigenvalue weighted by Gasteiger charge is -2.26. The van der Waals surface area contributed by atoms with Crippen molar-refractivity contribution in [2.45, 2.75) is 38.3 Å². The zero-order chi connectivity index (χ0) is 12.1. The molecule has 0 spiro atoms. The maximum atomic E-state index is 3.56. The molecule has 0 radical (unpaired) electrons. The van der Waals surface area contributed by atoms with Gasteiger partial charge in [-0.15, -0.1) is 0 Å². The van der Waals surface area contributed by atoms with Gasteiger partial charge in [0.15, 0.2) is 0 Å². The van der Waals surface area contributed by atoms with Crippen molar-refractivity contribution in [3.8, 4) is 0 Å². The average molecular weight is 232 g/mol. The first-order valence-electron chi connectivity index (χ1n) is 6.76. The largest absolute Gasteiger partial charge is 0.314 e. The van der Waals surface area contributed by atoms with Crippen LogP contribution in [-0.2, 0) is 0 Å². The summed E-state index contributed by atoms with van der Waals surface area (Å²) in [6.45, 7) is 4.67. The van der Waals surface area contributed by atoms with Crippen molar-refractivity contribution in [3.05, 3.63) is 35.9 Å². The first-order valence-corrected chi connectivity index (χ1v) is 6.76. The van der Waals surface area contributed by atoms with Crippen LogP contribution >= 0.6 is 0 Å². The summed E-state index contributed by atoms with van der Waals surface area (Å²) in [6, 6.07) is 12.0. The molecular weight excluding hydrogens is 208 g/mol. The van der Waals surface area contributed by atoms with Crippen LogP contribution in [0.5, 0.6) is 0 Å². The molecule has 2 nitrogen and oxygen atoms in total. The molecule has 2 atom stereocenters. The standard InChI is InChI=1S/C15H24N2/c1-13(14-7-4-3-5-8-14)17(2)12-10-15-9-6-11-16-15/h3-5,7-8,13,15-16H,6,9-12H2,1-2H3. The highest BCUT2D eigenvalue weighted by molar-refractivity contribution is 5.18. The molecule has 0 aromatic heterocycles. The highest BCUT2D eigenvalue weighted by Crippen LogP contribution is 2.19. The minimum absolute atomic E-state index is 0.512. The van der Waals surface area contributed by atoms with Gasteiger partial charge in [0.2, 0.25) is 0 Å². The normalized spacial score (nSPS) is 21.9. The first kappa shape index (κ1) is 12.6. The summed E-state index contributed by atoms with van der Waals surface area (Å²) >= 11 is 0. The molecule has 0 aliphatic carbocycles. The summed E-state index contributed by atoms with van der Waals surface area (Å²) in [4.78, 5) is 2.45. The van der Waals surface area contributed by atoms with E-state index in [2.05, 4.69) is 54.5 Å². The van der Waals surface area contributed by atoms with Crippen molar-refractivity contribution in [1.29, 1.82) is 0 Å². The zero-order valence-electron chi connectivity index (χ0n) is 11.0. The van der Waals surface area contributed by atoms with Crippen molar-refractivity contribution in [2.24, 2.45) is 0 Å². The van der Waals surface area contributed by atoms with Crippen LogP contribution in [0, 0.1) is 0 Å². The van der Waals surface area contributed by atoms with Crippen LogP contribution in [0.2, 0.25) is 0 Å². The van der Waals surface area contributed by atoms with Crippen LogP contribution < -0.4 is 5.32 Å². The third-order valence-corrected chi connectivity index (χ3v) is 3.94. The summed E-state index contributed by atoms with van der Waals surface area (Å²) in [5.41, 5.74) is 1.41. The first-order chi connectivity index (χ1) is 8.27. The number of hydrogen-bond acceptors (Lipinski definition) is 2. The van der Waals surface area contributed by atoms with Crippen LogP contribution in [0.15, 0.2) is 30.3 Å². The van der Waals surface area contributed by atoms with E-state index in [4.69, 9.17) is 0 Å². The summed E-state index contributed by atoms with van der Waals surface area (Å²) in [5.74, 6) is 0. The summed E-state index contributed by atoms with van der Waals surface area (Å²) in [7, 11) is 2.23. The van der Waals surface area contributed by atoms with Gasteiger partial charge in [-0.05, 0) is 51.9 Å². The molecule has 0 bridgehead atoms. The highest BCUT2D eigenvalue weighted by Gasteiger charge is 2.16. The molecule has 1 aliphatic heterocycles. The molecule has 1 aromatic rings. The number of hydrogen-bond donors (Lipinski definition) is 1. The predicted octanol–water partition coefficient (Wildman–Crippen LogP) is 2.82. The van der Waals surface area contributed by atoms with E-state index < -0.39 is 0 Å². The van der Waals surface area contributed by atoms with Gasteiger partial charge in [0, 0.05) is 12.1 Å². The number of nitrogens with zero attached hydrogens (tertiary/aromatic N) is 1. The summed E-state index contributed by atoms with van der Waals surface area (Å²) in [6.07, 6.45) is 3.98. The second kappa shape index (κ2) is 6.18. The smallest absolute Gasteiger partial charge is 0.0316 e. The fourth-order valence-corrected chi connectivity index (χ4v) is 2.54. The lowest BCUT2D eigenvalue weighted by atomic mass is 10.1. The molecule has 0 saturated carbocycles. The van der Waals surface area contributed by atoms with Gasteiger partial charge in [-0.3, -0.25) is 4.90 Å². The van der Waals surface area contributed by atoms with E-state index >= 15 is 0 Å². The number of rotatable bonds is 5. The van der Waals surface area contributed by atoms with Gasteiger partial charge in [-0.1, -0.05) is 30.3 Å². The van der Waals surface area contributed by atoms with Crippen molar-refractivity contribution < 1.29 is 0 Å². The van der Waals surface area contributed by atoms with Crippen LogP contribution in [0.4, 0.5) is 0 Å². The van der Waals surface area contributed by atoms with Gasteiger partial charge in [-0.25, -0.2) is 0 Å². The van der Waals surface area contributed by atoms with Crippen molar-refractivity contribution in [2.75, 3.05) is 20.1 Å². The van der Waals surface area contributed by atoms with E-state index in [-0.39, 0.29) is 0 Å². The Morgan fingerprint density at radius 3 is 2.76 bits per heavy atom. The molecule has 1 heterocycles. The minimum Gasteiger partial charge on any atom is -0.314 e. The Hall–Kier alpha value is -0.860. The zero-order valence-corrected chi connectivity index (χ0v) is 11.0. The topological polar surface area (TPSA) is 15.3 Å². The number of benzene rings is 1. The highest BCUT2D eigenvalue weighted by atomic mass is 15.1. The van der Waals surface area contributed by atoms with Crippen LogP contribution in [0.25, 0.3) is 0 Å². The van der Waals surface area contributed by atoms with Crippen molar-refractivity contribution in [1.82, 2.24) is 10.2 Å². The fourth-order valence-electron chi connectivity index (χ4n) is 2.54. The quantitative estimate of drug-likeness (QED) is 0.840. The Kier molecular flexibility index (Phi) is 4.57. The van der Waals surface area contributed by atoms with E-state index in [1.807, 2.05) is 0 Å². The maximum absolute atomic E-state index is 3.56. The number of nitrogens with one attached hydrogen (secondary N) is 1. The molecule has 1 aromatic carbocycles. The molecule has 2 unspecified atom stereocenters. The Labute approximate surface area is 105 Å². The van der Waals surface area contributed by atoms with E-state index in [1.165, 1.54) is 37.9 Å². The second-order valence-corrected chi connectivity index (χ2v) is 5.15. The van der Waals surface area contributed by atoms with Gasteiger partial charge in [0.1, 0.15) is 0 Å². The molecule has 0 amide bonds. The van der Waals surface area contributed by atoms with Crippen LogP contribution in [0.3, 0.4) is 0 Å². The Bertz CT molecular complexity index is 317. The van der Waals surface area contributed by atoms with E-state index in [0.29, 0.717) is 6.04 Å². The third kappa shape index (κ3) is 3.55. The molecule has 2 rings (SSSR count). The molecule has 1 fully saturated rings. The average Bonchev–Trinajstić information content (AvgIpc) is 2.89. The summed E-state index contributed by atoms with van der Waals surface area (Å²) in [5, 5.41) is 3.56. The van der Waals surface area contributed by atoms with Gasteiger partial charge in [0.05, 0.1) is 0 Å². The Morgan fingerprint density at radius 2 is 2.12 bits per heavy atom. The lowest BCUT2D eigenvalue weighted by Crippen LogP contribution is -2.30. The summed E-state index contributed by atoms with van der Waals surface area (Å²) < 4.78 is 0. The van der Waals surface area contributed by atoms with Crippen LogP contribution in [0.1, 0.15) is 37.8 Å². The molecule has 17 heavy (non-hydrogen) atoms. The Morgan fingerprint density at radius 1 is 1.35 bits per heavy atom. The monoisotopic (exact) mass is 232 g/mol. The molecule has 2 heteroatoms. The molecule has 1 saturated heterocycles. The lowest BCUT2D eigenvalue weighted by molar-refractivity contribution is 0.248. The van der Waals surface area contributed by atoms with Gasteiger partial charge in [0.25, 0.3) is 0 Å². The predicted molar refractivity (Wildman–Crippen MR) is 73.1 cm³/mol. The van der Waals surface area contributed by atoms with E-state index in [9.17, 15) is 0 Å². The molecule has 1 N–H and O–H groups in total. The maximum Gasteiger partial charge on any atom is 0.0316 e. The van der Waals surface area contributed by atoms with E-state index in [0.717, 1.165) is 6.04 Å². The van der Waals surface area contributed by atoms with E-state index in [1.54, 1.807) is 0 Å². The van der Waals surface area contributed by atoms with Gasteiger partial charge < -0.3 is 5.32 Å². The molecule has 1 aliphatic rings. The van der Waals surface area contributed by atoms with Gasteiger partial charge >= 0.3 is 0 Å². The third-order valence-electron chi connectivity index (χ3n) is 3.94. The SMILES string of the molecule is CC(c1ccccc1)N(C)CCC1CCCN1. The van der Waals surface area contributed by atoms with Crippen molar-refractivity contribution in [3.63, 3.8) is 0 Å². The molecular formula is C15H24N2. The second-order valence-electron chi connectivity index (χ2n) is 5.15. The van der Waals surface area contributed by atoms with Gasteiger partial charge in [-0.2, -0.15) is 0 Å². The Balaban J connectivity index is 1.80. The van der Waals surface area contributed by atoms with Crippen molar-refractivity contribution >= 4 is 0 Å². The van der Waals surface area contributed by atoms with Crippen LogP contribution in [-0.4, -0.2) is 31.1 Å². The minimum atomic E-state index is 0.512. The molecule has 94 valence electrons.